The van der Waals surface area contributed by atoms with Crippen molar-refractivity contribution in [3.8, 4) is 0 Å². The highest BCUT2D eigenvalue weighted by molar-refractivity contribution is 6.15. The van der Waals surface area contributed by atoms with Gasteiger partial charge in [-0.3, -0.25) is 4.79 Å². The molecule has 1 fully saturated rings. The zero-order valence-corrected chi connectivity index (χ0v) is 9.74. The van der Waals surface area contributed by atoms with Crippen LogP contribution in [0.15, 0.2) is 0 Å². The van der Waals surface area contributed by atoms with E-state index in [1.165, 1.54) is 13.8 Å². The lowest BCUT2D eigenvalue weighted by Crippen LogP contribution is -2.49. The Hall–Kier alpha value is -0.420. The summed E-state index contributed by atoms with van der Waals surface area (Å²) in [6.45, 7) is 4.26. The Morgan fingerprint density at radius 3 is 2.47 bits per heavy atom. The van der Waals surface area contributed by atoms with Crippen LogP contribution in [-0.2, 0) is 4.79 Å². The number of halogens is 3. The van der Waals surface area contributed by atoms with Crippen molar-refractivity contribution < 1.29 is 13.6 Å². The van der Waals surface area contributed by atoms with Crippen LogP contribution < -0.4 is 5.32 Å². The molecule has 0 spiro atoms. The molecule has 1 atom stereocenters. The molecule has 1 heterocycles. The third-order valence-corrected chi connectivity index (χ3v) is 3.17. The van der Waals surface area contributed by atoms with Crippen LogP contribution in [0, 0.1) is 5.41 Å². The van der Waals surface area contributed by atoms with E-state index in [1.807, 2.05) is 0 Å². The van der Waals surface area contributed by atoms with E-state index in [2.05, 4.69) is 5.32 Å². The number of carbonyl (C=O) groups excluding carboxylic acids is 1. The van der Waals surface area contributed by atoms with Crippen molar-refractivity contribution in [1.82, 2.24) is 9.74 Å². The smallest absolute Gasteiger partial charge is 0.268 e. The fourth-order valence-electron chi connectivity index (χ4n) is 1.76. The molecular weight excluding hydrogens is 226 g/mol. The molecule has 0 aliphatic carbocycles. The van der Waals surface area contributed by atoms with E-state index >= 15 is 0 Å². The maximum atomic E-state index is 13.5. The molecule has 1 saturated heterocycles. The summed E-state index contributed by atoms with van der Waals surface area (Å²) in [5, 5.41) is 2.51. The zero-order valence-electron chi connectivity index (χ0n) is 8.98. The second-order valence-electron chi connectivity index (χ2n) is 4.28. The van der Waals surface area contributed by atoms with Gasteiger partial charge in [0.2, 0.25) is 5.91 Å². The van der Waals surface area contributed by atoms with Gasteiger partial charge in [0.1, 0.15) is 6.04 Å². The van der Waals surface area contributed by atoms with Gasteiger partial charge in [0.25, 0.3) is 5.92 Å². The summed E-state index contributed by atoms with van der Waals surface area (Å²) in [6.07, 6.45) is 0. The molecule has 0 bridgehead atoms. The van der Waals surface area contributed by atoms with E-state index < -0.39 is 29.8 Å². The summed E-state index contributed by atoms with van der Waals surface area (Å²) < 4.78 is 27.9. The maximum Gasteiger partial charge on any atom is 0.268 e. The van der Waals surface area contributed by atoms with Crippen LogP contribution in [0.1, 0.15) is 20.8 Å². The van der Waals surface area contributed by atoms with Gasteiger partial charge in [-0.1, -0.05) is 13.8 Å². The maximum absolute atomic E-state index is 13.5. The van der Waals surface area contributed by atoms with E-state index in [0.717, 1.165) is 4.42 Å². The van der Waals surface area contributed by atoms with Crippen molar-refractivity contribution in [2.75, 3.05) is 13.1 Å². The van der Waals surface area contributed by atoms with Gasteiger partial charge in [-0.15, -0.1) is 0 Å². The number of carbonyl (C=O) groups is 1. The number of hydrogen-bond donors (Lipinski definition) is 1. The number of alkyl halides is 2. The molecule has 1 aliphatic heterocycles. The van der Waals surface area contributed by atoms with Crippen LogP contribution >= 0.6 is 11.8 Å². The first-order valence-corrected chi connectivity index (χ1v) is 5.16. The van der Waals surface area contributed by atoms with Crippen LogP contribution in [0.25, 0.3) is 0 Å². The highest BCUT2D eigenvalue weighted by Crippen LogP contribution is 2.48. The van der Waals surface area contributed by atoms with E-state index in [-0.39, 0.29) is 0 Å². The largest absolute Gasteiger partial charge is 0.355 e. The molecule has 1 amide bonds. The Bertz CT molecular complexity index is 271. The first-order chi connectivity index (χ1) is 6.74. The molecule has 1 rings (SSSR count). The van der Waals surface area contributed by atoms with Crippen LogP contribution in [0.3, 0.4) is 0 Å². The third kappa shape index (κ3) is 1.95. The van der Waals surface area contributed by atoms with E-state index in [4.69, 9.17) is 11.8 Å². The lowest BCUT2D eigenvalue weighted by Gasteiger charge is -2.30. The summed E-state index contributed by atoms with van der Waals surface area (Å²) in [5.74, 6) is -3.40. The summed E-state index contributed by atoms with van der Waals surface area (Å²) in [7, 11) is 0. The molecule has 1 aliphatic rings. The van der Waals surface area contributed by atoms with Gasteiger partial charge in [-0.05, 0) is 18.7 Å². The number of nitrogens with one attached hydrogen (secondary N) is 1. The fraction of sp³-hybridized carbons (Fsp3) is 0.889. The highest BCUT2D eigenvalue weighted by atomic mass is 35.5. The molecule has 0 aromatic rings. The summed E-state index contributed by atoms with van der Waals surface area (Å²) in [6, 6.07) is -0.992. The Balaban J connectivity index is 2.94. The van der Waals surface area contributed by atoms with E-state index in [9.17, 15) is 13.6 Å². The number of hydrogen-bond acceptors (Lipinski definition) is 2. The Labute approximate surface area is 92.9 Å². The summed E-state index contributed by atoms with van der Waals surface area (Å²) >= 11 is 5.67. The molecule has 15 heavy (non-hydrogen) atoms. The van der Waals surface area contributed by atoms with Crippen molar-refractivity contribution in [2.24, 2.45) is 5.41 Å². The van der Waals surface area contributed by atoms with Gasteiger partial charge < -0.3 is 5.32 Å². The summed E-state index contributed by atoms with van der Waals surface area (Å²) in [4.78, 5) is 11.6. The van der Waals surface area contributed by atoms with Gasteiger partial charge in [-0.2, -0.15) is 0 Å². The van der Waals surface area contributed by atoms with Crippen molar-refractivity contribution in [3.63, 3.8) is 0 Å². The molecule has 1 unspecified atom stereocenters. The minimum Gasteiger partial charge on any atom is -0.355 e. The zero-order chi connectivity index (χ0) is 11.9. The fourth-order valence-corrected chi connectivity index (χ4v) is 2.24. The minimum absolute atomic E-state index is 0.404. The molecule has 0 aromatic carbocycles. The number of likely N-dealkylation sites (N-methyl/N-ethyl adjacent to an activating group) is 1. The van der Waals surface area contributed by atoms with Gasteiger partial charge >= 0.3 is 0 Å². The second-order valence-corrected chi connectivity index (χ2v) is 4.72. The van der Waals surface area contributed by atoms with E-state index in [0.29, 0.717) is 6.54 Å². The molecule has 6 heteroatoms. The van der Waals surface area contributed by atoms with Crippen molar-refractivity contribution in [2.45, 2.75) is 32.7 Å². The van der Waals surface area contributed by atoms with Gasteiger partial charge in [0, 0.05) is 6.54 Å². The summed E-state index contributed by atoms with van der Waals surface area (Å²) in [5.41, 5.74) is -1.45. The lowest BCUT2D eigenvalue weighted by atomic mass is 9.81. The molecule has 0 radical (unpaired) electrons. The average molecular weight is 241 g/mol. The Morgan fingerprint density at radius 1 is 1.60 bits per heavy atom. The molecule has 0 saturated carbocycles. The Kier molecular flexibility index (Phi) is 3.26. The topological polar surface area (TPSA) is 32.3 Å². The highest BCUT2D eigenvalue weighted by Gasteiger charge is 2.62. The van der Waals surface area contributed by atoms with E-state index in [1.54, 1.807) is 6.92 Å². The van der Waals surface area contributed by atoms with Gasteiger partial charge in [-0.25, -0.2) is 13.2 Å². The van der Waals surface area contributed by atoms with Crippen molar-refractivity contribution in [3.05, 3.63) is 0 Å². The monoisotopic (exact) mass is 240 g/mol. The Morgan fingerprint density at radius 2 is 2.13 bits per heavy atom. The van der Waals surface area contributed by atoms with Crippen molar-refractivity contribution in [1.29, 1.82) is 0 Å². The normalized spacial score (nSPS) is 29.1. The van der Waals surface area contributed by atoms with Crippen molar-refractivity contribution >= 4 is 17.7 Å². The third-order valence-electron chi connectivity index (χ3n) is 2.86. The average Bonchev–Trinajstić information content (AvgIpc) is 2.16. The predicted octanol–water partition coefficient (Wildman–Crippen LogP) is 1.62. The predicted molar refractivity (Wildman–Crippen MR) is 53.8 cm³/mol. The SMILES string of the molecule is CCNC(=O)C1N(Cl)CC(F)(F)C1(C)C. The van der Waals surface area contributed by atoms with Crippen LogP contribution in [-0.4, -0.2) is 35.4 Å². The lowest BCUT2D eigenvalue weighted by molar-refractivity contribution is -0.131. The van der Waals surface area contributed by atoms with Crippen LogP contribution in [0.2, 0.25) is 0 Å². The molecule has 1 N–H and O–H groups in total. The standard InChI is InChI=1S/C9H15ClF2N2O/c1-4-13-7(15)6-8(2,3)9(11,12)5-14(6)10/h6H,4-5H2,1-3H3,(H,13,15). The van der Waals surface area contributed by atoms with Gasteiger partial charge in [0.15, 0.2) is 0 Å². The molecular formula is C9H15ClF2N2O. The molecule has 0 aromatic heterocycles. The molecule has 3 nitrogen and oxygen atoms in total. The van der Waals surface area contributed by atoms with Gasteiger partial charge in [0.05, 0.1) is 12.0 Å². The number of rotatable bonds is 2. The van der Waals surface area contributed by atoms with Crippen LogP contribution in [0.5, 0.6) is 0 Å². The first-order valence-electron chi connectivity index (χ1n) is 4.82. The number of nitrogens with zero attached hydrogens (tertiary/aromatic N) is 1. The quantitative estimate of drug-likeness (QED) is 0.744. The number of amides is 1. The second kappa shape index (κ2) is 3.87. The first kappa shape index (κ1) is 12.6. The van der Waals surface area contributed by atoms with Crippen LogP contribution in [0.4, 0.5) is 8.78 Å². The minimum atomic E-state index is -2.95. The molecule has 88 valence electrons.